The van der Waals surface area contributed by atoms with Gasteiger partial charge in [0.2, 0.25) is 0 Å². The monoisotopic (exact) mass is 364 g/mol. The van der Waals surface area contributed by atoms with Gasteiger partial charge in [0.05, 0.1) is 0 Å². The minimum Gasteiger partial charge on any atom is -0.490 e. The van der Waals surface area contributed by atoms with Gasteiger partial charge < -0.3 is 9.47 Å². The van der Waals surface area contributed by atoms with Crippen molar-refractivity contribution < 1.29 is 14.3 Å². The number of hydrogen-bond acceptors (Lipinski definition) is 6. The van der Waals surface area contributed by atoms with E-state index in [1.807, 2.05) is 61.5 Å². The highest BCUT2D eigenvalue weighted by Crippen LogP contribution is 2.14. The van der Waals surface area contributed by atoms with E-state index in [-0.39, 0.29) is 18.9 Å². The Morgan fingerprint density at radius 3 is 2.59 bits per heavy atom. The van der Waals surface area contributed by atoms with Crippen LogP contribution in [0.3, 0.4) is 0 Å². The molecule has 0 aliphatic carbocycles. The van der Waals surface area contributed by atoms with Gasteiger partial charge in [0.25, 0.3) is 0 Å². The number of rotatable bonds is 7. The van der Waals surface area contributed by atoms with E-state index in [0.717, 1.165) is 16.9 Å². The molecule has 0 aliphatic rings. The van der Waals surface area contributed by atoms with Crippen LogP contribution in [0.1, 0.15) is 17.0 Å². The van der Waals surface area contributed by atoms with Gasteiger partial charge in [-0.2, -0.15) is 4.68 Å². The van der Waals surface area contributed by atoms with E-state index in [4.69, 9.17) is 9.47 Å². The molecular weight excluding hydrogens is 344 g/mol. The van der Waals surface area contributed by atoms with Gasteiger partial charge in [-0.3, -0.25) is 0 Å². The second kappa shape index (κ2) is 8.75. The van der Waals surface area contributed by atoms with Crippen LogP contribution in [0.25, 0.3) is 11.8 Å². The molecule has 0 unspecified atom stereocenters. The first-order chi connectivity index (χ1) is 13.1. The van der Waals surface area contributed by atoms with Crippen molar-refractivity contribution in [1.82, 2.24) is 20.2 Å². The van der Waals surface area contributed by atoms with Crippen molar-refractivity contribution >= 4 is 17.7 Å². The van der Waals surface area contributed by atoms with E-state index in [0.29, 0.717) is 5.82 Å². The molecule has 3 rings (SSSR count). The number of esters is 1. The van der Waals surface area contributed by atoms with Crippen LogP contribution < -0.4 is 4.74 Å². The van der Waals surface area contributed by atoms with Crippen LogP contribution in [-0.4, -0.2) is 39.4 Å². The molecule has 3 aromatic rings. The lowest BCUT2D eigenvalue weighted by Crippen LogP contribution is -2.18. The van der Waals surface area contributed by atoms with Gasteiger partial charge >= 0.3 is 5.97 Å². The Kier molecular flexibility index (Phi) is 5.94. The molecule has 0 atom stereocenters. The highest BCUT2D eigenvalue weighted by molar-refractivity contribution is 6.15. The number of benzene rings is 2. The topological polar surface area (TPSA) is 79.1 Å². The molecule has 1 heterocycles. The summed E-state index contributed by atoms with van der Waals surface area (Å²) in [6.45, 7) is 4.07. The first-order valence-corrected chi connectivity index (χ1v) is 8.52. The Hall–Kier alpha value is -3.48. The zero-order chi connectivity index (χ0) is 19.1. The van der Waals surface area contributed by atoms with Crippen LogP contribution in [0, 0.1) is 13.8 Å². The van der Waals surface area contributed by atoms with E-state index in [1.165, 1.54) is 4.68 Å². The van der Waals surface area contributed by atoms with Gasteiger partial charge in [0, 0.05) is 0 Å². The van der Waals surface area contributed by atoms with E-state index in [1.54, 1.807) is 13.0 Å². The SMILES string of the molecule is Cc1cccc(OCCOC(=O)/C(=C/c2ccccc2)n2nnnc2C)c1. The molecule has 27 heavy (non-hydrogen) atoms. The minimum absolute atomic E-state index is 0.111. The summed E-state index contributed by atoms with van der Waals surface area (Å²) >= 11 is 0. The molecule has 0 saturated carbocycles. The first-order valence-electron chi connectivity index (χ1n) is 8.52. The summed E-state index contributed by atoms with van der Waals surface area (Å²) in [6, 6.07) is 17.1. The van der Waals surface area contributed by atoms with Gasteiger partial charge in [-0.05, 0) is 53.6 Å². The molecule has 7 nitrogen and oxygen atoms in total. The third-order valence-electron chi connectivity index (χ3n) is 3.74. The summed E-state index contributed by atoms with van der Waals surface area (Å²) in [5, 5.41) is 11.3. The maximum Gasteiger partial charge on any atom is 0.357 e. The molecule has 7 heteroatoms. The Bertz CT molecular complexity index is 935. The number of ether oxygens (including phenoxy) is 2. The van der Waals surface area contributed by atoms with Crippen molar-refractivity contribution in [2.75, 3.05) is 13.2 Å². The van der Waals surface area contributed by atoms with Crippen molar-refractivity contribution in [3.8, 4) is 5.75 Å². The zero-order valence-electron chi connectivity index (χ0n) is 15.2. The van der Waals surface area contributed by atoms with Crippen molar-refractivity contribution in [2.45, 2.75) is 13.8 Å². The molecule has 1 aromatic heterocycles. The van der Waals surface area contributed by atoms with Crippen LogP contribution in [-0.2, 0) is 9.53 Å². The molecule has 0 saturated heterocycles. The fraction of sp³-hybridized carbons (Fsp3) is 0.200. The lowest BCUT2D eigenvalue weighted by molar-refractivity contribution is -0.137. The van der Waals surface area contributed by atoms with Crippen LogP contribution in [0.2, 0.25) is 0 Å². The molecule has 0 amide bonds. The molecule has 0 spiro atoms. The molecule has 0 aliphatic heterocycles. The summed E-state index contributed by atoms with van der Waals surface area (Å²) in [6.07, 6.45) is 1.69. The molecule has 0 bridgehead atoms. The summed E-state index contributed by atoms with van der Waals surface area (Å²) in [5.41, 5.74) is 2.18. The maximum absolute atomic E-state index is 12.6. The first kappa shape index (κ1) is 18.3. The summed E-state index contributed by atoms with van der Waals surface area (Å²) < 4.78 is 12.3. The number of aromatic nitrogens is 4. The average Bonchev–Trinajstić information content (AvgIpc) is 3.10. The van der Waals surface area contributed by atoms with Crippen molar-refractivity contribution in [3.63, 3.8) is 0 Å². The second-order valence-electron chi connectivity index (χ2n) is 5.88. The van der Waals surface area contributed by atoms with Crippen molar-refractivity contribution in [1.29, 1.82) is 0 Å². The van der Waals surface area contributed by atoms with Crippen LogP contribution in [0.4, 0.5) is 0 Å². The zero-order valence-corrected chi connectivity index (χ0v) is 15.2. The van der Waals surface area contributed by atoms with E-state index < -0.39 is 5.97 Å². The fourth-order valence-corrected chi connectivity index (χ4v) is 2.44. The summed E-state index contributed by atoms with van der Waals surface area (Å²) in [5.74, 6) is 0.703. The molecule has 0 N–H and O–H groups in total. The Morgan fingerprint density at radius 2 is 1.89 bits per heavy atom. The molecule has 0 fully saturated rings. The van der Waals surface area contributed by atoms with Gasteiger partial charge in [-0.1, -0.05) is 42.5 Å². The summed E-state index contributed by atoms with van der Waals surface area (Å²) in [4.78, 5) is 12.6. The highest BCUT2D eigenvalue weighted by atomic mass is 16.6. The lowest BCUT2D eigenvalue weighted by atomic mass is 10.2. The molecule has 0 radical (unpaired) electrons. The molecule has 138 valence electrons. The predicted molar refractivity (Wildman–Crippen MR) is 101 cm³/mol. The van der Waals surface area contributed by atoms with Gasteiger partial charge in [-0.15, -0.1) is 5.10 Å². The number of carbonyl (C=O) groups is 1. The minimum atomic E-state index is -0.526. The van der Waals surface area contributed by atoms with Crippen LogP contribution >= 0.6 is 0 Å². The maximum atomic E-state index is 12.6. The summed E-state index contributed by atoms with van der Waals surface area (Å²) in [7, 11) is 0. The number of aryl methyl sites for hydroxylation is 2. The average molecular weight is 364 g/mol. The second-order valence-corrected chi connectivity index (χ2v) is 5.88. The quantitative estimate of drug-likeness (QED) is 0.364. The molecule has 2 aromatic carbocycles. The van der Waals surface area contributed by atoms with Crippen molar-refractivity contribution in [2.24, 2.45) is 0 Å². The normalized spacial score (nSPS) is 11.3. The third-order valence-corrected chi connectivity index (χ3v) is 3.74. The fourth-order valence-electron chi connectivity index (χ4n) is 2.44. The smallest absolute Gasteiger partial charge is 0.357 e. The Balaban J connectivity index is 1.67. The third kappa shape index (κ3) is 5.01. The van der Waals surface area contributed by atoms with E-state index in [2.05, 4.69) is 15.5 Å². The Morgan fingerprint density at radius 1 is 1.07 bits per heavy atom. The Labute approximate surface area is 157 Å². The predicted octanol–water partition coefficient (Wildman–Crippen LogP) is 2.91. The van der Waals surface area contributed by atoms with Crippen LogP contribution in [0.5, 0.6) is 5.75 Å². The molecular formula is C20H20N4O3. The highest BCUT2D eigenvalue weighted by Gasteiger charge is 2.17. The standard InChI is InChI=1S/C20H20N4O3/c1-15-7-6-10-18(13-15)26-11-12-27-20(25)19(24-16(2)21-22-23-24)14-17-8-4-3-5-9-17/h3-10,13-14H,11-12H2,1-2H3/b19-14-. The van der Waals surface area contributed by atoms with Gasteiger partial charge in [-0.25, -0.2) is 4.79 Å². The van der Waals surface area contributed by atoms with Gasteiger partial charge in [0.1, 0.15) is 19.0 Å². The largest absolute Gasteiger partial charge is 0.490 e. The number of hydrogen-bond donors (Lipinski definition) is 0. The number of nitrogens with zero attached hydrogens (tertiary/aromatic N) is 4. The van der Waals surface area contributed by atoms with Crippen LogP contribution in [0.15, 0.2) is 54.6 Å². The van der Waals surface area contributed by atoms with E-state index in [9.17, 15) is 4.79 Å². The number of carbonyl (C=O) groups excluding carboxylic acids is 1. The van der Waals surface area contributed by atoms with Crippen molar-refractivity contribution in [3.05, 3.63) is 71.5 Å². The lowest BCUT2D eigenvalue weighted by Gasteiger charge is -2.10. The van der Waals surface area contributed by atoms with Gasteiger partial charge in [0.15, 0.2) is 11.5 Å². The van der Waals surface area contributed by atoms with E-state index >= 15 is 0 Å². The number of tetrazole rings is 1.